The summed E-state index contributed by atoms with van der Waals surface area (Å²) < 4.78 is 11.7. The lowest BCUT2D eigenvalue weighted by Gasteiger charge is -2.35. The predicted molar refractivity (Wildman–Crippen MR) is 175 cm³/mol. The number of aryl methyl sites for hydroxylation is 2. The third kappa shape index (κ3) is 10.6. The fraction of sp³-hybridized carbons (Fsp3) is 0.500. The lowest BCUT2D eigenvalue weighted by molar-refractivity contribution is 0.0437. The number of rotatable bonds is 14. The van der Waals surface area contributed by atoms with E-state index in [1.54, 1.807) is 0 Å². The Bertz CT molecular complexity index is 1140. The van der Waals surface area contributed by atoms with Crippen LogP contribution in [-0.4, -0.2) is 121 Å². The Kier molecular flexibility index (Phi) is 12.1. The van der Waals surface area contributed by atoms with Crippen molar-refractivity contribution in [2.24, 2.45) is 0 Å². The number of benzene rings is 3. The molecule has 0 aliphatic carbocycles. The number of piperazine rings is 2. The molecule has 0 amide bonds. The summed E-state index contributed by atoms with van der Waals surface area (Å²) >= 11 is 0. The molecular formula is C36H50N4O4. The van der Waals surface area contributed by atoms with E-state index in [1.165, 1.54) is 22.3 Å². The van der Waals surface area contributed by atoms with E-state index in [9.17, 15) is 10.2 Å². The van der Waals surface area contributed by atoms with Gasteiger partial charge in [-0.2, -0.15) is 0 Å². The van der Waals surface area contributed by atoms with Crippen LogP contribution < -0.4 is 9.47 Å². The van der Waals surface area contributed by atoms with Gasteiger partial charge in [-0.1, -0.05) is 59.7 Å². The van der Waals surface area contributed by atoms with Crippen molar-refractivity contribution in [3.63, 3.8) is 0 Å². The maximum Gasteiger partial charge on any atom is 0.119 e. The Morgan fingerprint density at radius 2 is 0.818 bits per heavy atom. The highest BCUT2D eigenvalue weighted by atomic mass is 16.5. The number of nitrogens with zero attached hydrogens (tertiary/aromatic N) is 4. The normalized spacial score (nSPS) is 18.6. The second kappa shape index (κ2) is 16.4. The summed E-state index contributed by atoms with van der Waals surface area (Å²) in [5, 5.41) is 21.1. The Morgan fingerprint density at radius 3 is 1.16 bits per heavy atom. The molecule has 3 aromatic rings. The zero-order valence-corrected chi connectivity index (χ0v) is 26.5. The van der Waals surface area contributed by atoms with Crippen molar-refractivity contribution in [3.05, 3.63) is 95.1 Å². The average Bonchev–Trinajstić information content (AvgIpc) is 3.04. The van der Waals surface area contributed by atoms with Crippen LogP contribution in [0.3, 0.4) is 0 Å². The first-order valence-corrected chi connectivity index (χ1v) is 16.1. The van der Waals surface area contributed by atoms with E-state index in [4.69, 9.17) is 9.47 Å². The molecule has 2 saturated heterocycles. The van der Waals surface area contributed by atoms with Crippen molar-refractivity contribution in [2.45, 2.75) is 39.1 Å². The second-order valence-corrected chi connectivity index (χ2v) is 12.5. The fourth-order valence-electron chi connectivity index (χ4n) is 5.88. The third-order valence-electron chi connectivity index (χ3n) is 8.63. The summed E-state index contributed by atoms with van der Waals surface area (Å²) in [6.45, 7) is 15.7. The van der Waals surface area contributed by atoms with Gasteiger partial charge in [0, 0.05) is 78.5 Å². The van der Waals surface area contributed by atoms with E-state index < -0.39 is 12.2 Å². The molecule has 2 fully saturated rings. The molecule has 2 N–H and O–H groups in total. The first kappa shape index (κ1) is 32.4. The van der Waals surface area contributed by atoms with Crippen molar-refractivity contribution in [1.82, 2.24) is 19.6 Å². The van der Waals surface area contributed by atoms with Gasteiger partial charge in [-0.15, -0.1) is 0 Å². The number of hydrogen-bond donors (Lipinski definition) is 2. The van der Waals surface area contributed by atoms with Gasteiger partial charge in [-0.05, 0) is 49.2 Å². The summed E-state index contributed by atoms with van der Waals surface area (Å²) in [4.78, 5) is 9.57. The maximum atomic E-state index is 10.6. The van der Waals surface area contributed by atoms with Crippen molar-refractivity contribution in [3.8, 4) is 11.5 Å². The van der Waals surface area contributed by atoms with Gasteiger partial charge in [-0.3, -0.25) is 19.6 Å². The minimum Gasteiger partial charge on any atom is -0.491 e. The van der Waals surface area contributed by atoms with Crippen LogP contribution in [0.4, 0.5) is 0 Å². The van der Waals surface area contributed by atoms with Gasteiger partial charge >= 0.3 is 0 Å². The minimum absolute atomic E-state index is 0.251. The van der Waals surface area contributed by atoms with Crippen LogP contribution in [0.15, 0.2) is 72.8 Å². The molecule has 2 atom stereocenters. The number of aliphatic hydroxyl groups is 2. The Morgan fingerprint density at radius 1 is 0.500 bits per heavy atom. The molecule has 5 rings (SSSR count). The topological polar surface area (TPSA) is 71.9 Å². The van der Waals surface area contributed by atoms with Crippen LogP contribution in [-0.2, 0) is 13.1 Å². The largest absolute Gasteiger partial charge is 0.491 e. The Hall–Kier alpha value is -2.98. The van der Waals surface area contributed by atoms with E-state index in [-0.39, 0.29) is 13.2 Å². The van der Waals surface area contributed by atoms with Crippen molar-refractivity contribution in [1.29, 1.82) is 0 Å². The van der Waals surface area contributed by atoms with Gasteiger partial charge in [0.15, 0.2) is 0 Å². The van der Waals surface area contributed by atoms with Crippen LogP contribution in [0.1, 0.15) is 22.3 Å². The smallest absolute Gasteiger partial charge is 0.119 e. The van der Waals surface area contributed by atoms with Crippen LogP contribution in [0, 0.1) is 13.8 Å². The number of aliphatic hydroxyl groups excluding tert-OH is 2. The lowest BCUT2D eigenvalue weighted by atomic mass is 10.1. The van der Waals surface area contributed by atoms with Gasteiger partial charge in [0.2, 0.25) is 0 Å². The summed E-state index contributed by atoms with van der Waals surface area (Å²) in [6.07, 6.45) is -1.09. The van der Waals surface area contributed by atoms with Gasteiger partial charge < -0.3 is 19.7 Å². The fourth-order valence-corrected chi connectivity index (χ4v) is 5.88. The zero-order valence-electron chi connectivity index (χ0n) is 26.5. The van der Waals surface area contributed by atoms with Gasteiger partial charge in [0.1, 0.15) is 36.9 Å². The molecule has 0 bridgehead atoms. The molecule has 8 heteroatoms. The lowest BCUT2D eigenvalue weighted by Crippen LogP contribution is -2.48. The molecule has 44 heavy (non-hydrogen) atoms. The van der Waals surface area contributed by atoms with E-state index >= 15 is 0 Å². The monoisotopic (exact) mass is 602 g/mol. The number of hydrogen-bond acceptors (Lipinski definition) is 8. The zero-order chi connectivity index (χ0) is 30.7. The maximum absolute atomic E-state index is 10.6. The molecule has 2 heterocycles. The van der Waals surface area contributed by atoms with Crippen LogP contribution >= 0.6 is 0 Å². The molecule has 238 valence electrons. The van der Waals surface area contributed by atoms with E-state index in [2.05, 4.69) is 82.0 Å². The summed E-state index contributed by atoms with van der Waals surface area (Å²) in [6, 6.07) is 24.9. The Balaban J connectivity index is 0.926. The highest BCUT2D eigenvalue weighted by molar-refractivity contribution is 5.31. The SMILES string of the molecule is Cc1ccc(CN2CCN(C[C@H](O)COc3ccc(OC[C@@H](O)CN4CCN(Cc5ccc(C)cc5)CC4)cc3)CC2)cc1. The molecule has 0 saturated carbocycles. The summed E-state index contributed by atoms with van der Waals surface area (Å²) in [5.74, 6) is 1.40. The average molecular weight is 603 g/mol. The van der Waals surface area contributed by atoms with Crippen molar-refractivity contribution >= 4 is 0 Å². The molecule has 3 aromatic carbocycles. The second-order valence-electron chi connectivity index (χ2n) is 12.5. The molecule has 0 aromatic heterocycles. The van der Waals surface area contributed by atoms with E-state index in [0.29, 0.717) is 24.6 Å². The van der Waals surface area contributed by atoms with Crippen molar-refractivity contribution in [2.75, 3.05) is 78.7 Å². The van der Waals surface area contributed by atoms with E-state index in [1.807, 2.05) is 24.3 Å². The van der Waals surface area contributed by atoms with Crippen molar-refractivity contribution < 1.29 is 19.7 Å². The first-order valence-electron chi connectivity index (χ1n) is 16.1. The van der Waals surface area contributed by atoms with Gasteiger partial charge in [0.05, 0.1) is 0 Å². The molecule has 2 aliphatic heterocycles. The molecule has 0 spiro atoms. The number of β-amino-alcohol motifs (C(OH)–C–C–N with tert-alkyl or cyclic N) is 2. The molecule has 8 nitrogen and oxygen atoms in total. The summed E-state index contributed by atoms with van der Waals surface area (Å²) in [5.41, 5.74) is 5.28. The standard InChI is InChI=1S/C36H50N4O4/c1-29-3-7-31(8-4-29)23-37-15-19-39(20-16-37)25-33(41)27-43-35-11-13-36(14-12-35)44-28-34(42)26-40-21-17-38(18-22-40)24-32-9-5-30(2)6-10-32/h3-14,33-34,41-42H,15-28H2,1-2H3/t33-,34-/m0/s1. The van der Waals surface area contributed by atoms with E-state index in [0.717, 1.165) is 65.4 Å². The van der Waals surface area contributed by atoms with Gasteiger partial charge in [0.25, 0.3) is 0 Å². The highest BCUT2D eigenvalue weighted by Crippen LogP contribution is 2.19. The van der Waals surface area contributed by atoms with Crippen LogP contribution in [0.5, 0.6) is 11.5 Å². The molecular weight excluding hydrogens is 552 g/mol. The Labute approximate surface area is 263 Å². The van der Waals surface area contributed by atoms with Crippen LogP contribution in [0.25, 0.3) is 0 Å². The van der Waals surface area contributed by atoms with Crippen LogP contribution in [0.2, 0.25) is 0 Å². The minimum atomic E-state index is -0.547. The molecule has 0 unspecified atom stereocenters. The molecule has 0 radical (unpaired) electrons. The highest BCUT2D eigenvalue weighted by Gasteiger charge is 2.21. The summed E-state index contributed by atoms with van der Waals surface area (Å²) in [7, 11) is 0. The predicted octanol–water partition coefficient (Wildman–Crippen LogP) is 3.42. The number of ether oxygens (including phenoxy) is 2. The third-order valence-corrected chi connectivity index (χ3v) is 8.63. The van der Waals surface area contributed by atoms with Gasteiger partial charge in [-0.25, -0.2) is 0 Å². The molecule has 2 aliphatic rings. The first-order chi connectivity index (χ1) is 21.4. The quantitative estimate of drug-likeness (QED) is 0.291.